The first kappa shape index (κ1) is 11.1. The standard InChI is InChI=1S/C11H17N3O2/c1-8(2)16-11-5-10(12-7-13-11)14-9-3-4-15-6-9/h5,7-9H,3-4,6H2,1-2H3,(H,12,13,14). The van der Waals surface area contributed by atoms with Crippen molar-refractivity contribution >= 4 is 5.82 Å². The molecular weight excluding hydrogens is 206 g/mol. The van der Waals surface area contributed by atoms with Crippen LogP contribution in [0.15, 0.2) is 12.4 Å². The van der Waals surface area contributed by atoms with E-state index in [1.165, 1.54) is 6.33 Å². The van der Waals surface area contributed by atoms with E-state index in [4.69, 9.17) is 9.47 Å². The van der Waals surface area contributed by atoms with Crippen LogP contribution in [0, 0.1) is 0 Å². The molecule has 0 bridgehead atoms. The molecule has 0 spiro atoms. The Labute approximate surface area is 95.2 Å². The van der Waals surface area contributed by atoms with Gasteiger partial charge in [-0.3, -0.25) is 0 Å². The van der Waals surface area contributed by atoms with Crippen molar-refractivity contribution in [1.82, 2.24) is 9.97 Å². The Hall–Kier alpha value is -1.36. The van der Waals surface area contributed by atoms with Gasteiger partial charge >= 0.3 is 0 Å². The van der Waals surface area contributed by atoms with Gasteiger partial charge in [0.25, 0.3) is 0 Å². The summed E-state index contributed by atoms with van der Waals surface area (Å²) in [5.74, 6) is 1.40. The molecular formula is C11H17N3O2. The lowest BCUT2D eigenvalue weighted by molar-refractivity contribution is 0.195. The SMILES string of the molecule is CC(C)Oc1cc(NC2CCOC2)ncn1. The summed E-state index contributed by atoms with van der Waals surface area (Å²) < 4.78 is 10.8. The summed E-state index contributed by atoms with van der Waals surface area (Å²) in [5, 5.41) is 3.30. The zero-order valence-corrected chi connectivity index (χ0v) is 9.64. The lowest BCUT2D eigenvalue weighted by Gasteiger charge is -2.13. The van der Waals surface area contributed by atoms with E-state index in [1.54, 1.807) is 0 Å². The lowest BCUT2D eigenvalue weighted by Crippen LogP contribution is -2.19. The molecule has 2 rings (SSSR count). The number of hydrogen-bond acceptors (Lipinski definition) is 5. The molecule has 1 fully saturated rings. The molecule has 0 amide bonds. The molecule has 1 aliphatic heterocycles. The summed E-state index contributed by atoms with van der Waals surface area (Å²) in [6.45, 7) is 5.50. The van der Waals surface area contributed by atoms with E-state index in [0.29, 0.717) is 11.9 Å². The van der Waals surface area contributed by atoms with Crippen molar-refractivity contribution in [2.24, 2.45) is 0 Å². The molecule has 1 unspecified atom stereocenters. The molecule has 5 nitrogen and oxygen atoms in total. The Bertz CT molecular complexity index is 338. The minimum absolute atomic E-state index is 0.123. The summed E-state index contributed by atoms with van der Waals surface area (Å²) in [6.07, 6.45) is 2.65. The van der Waals surface area contributed by atoms with E-state index >= 15 is 0 Å². The van der Waals surface area contributed by atoms with Crippen molar-refractivity contribution in [3.63, 3.8) is 0 Å². The van der Waals surface area contributed by atoms with Crippen LogP contribution in [-0.2, 0) is 4.74 Å². The Morgan fingerprint density at radius 1 is 1.50 bits per heavy atom. The summed E-state index contributed by atoms with van der Waals surface area (Å²) >= 11 is 0. The largest absolute Gasteiger partial charge is 0.475 e. The molecule has 1 atom stereocenters. The maximum atomic E-state index is 5.50. The van der Waals surface area contributed by atoms with Gasteiger partial charge < -0.3 is 14.8 Å². The normalized spacial score (nSPS) is 20.1. The van der Waals surface area contributed by atoms with E-state index in [-0.39, 0.29) is 6.10 Å². The fourth-order valence-electron chi connectivity index (χ4n) is 1.58. The number of anilines is 1. The van der Waals surface area contributed by atoms with Crippen LogP contribution < -0.4 is 10.1 Å². The van der Waals surface area contributed by atoms with Gasteiger partial charge in [0.15, 0.2) is 0 Å². The fourth-order valence-corrected chi connectivity index (χ4v) is 1.58. The first-order valence-corrected chi connectivity index (χ1v) is 5.57. The van der Waals surface area contributed by atoms with Crippen LogP contribution in [0.4, 0.5) is 5.82 Å². The van der Waals surface area contributed by atoms with Gasteiger partial charge in [-0.1, -0.05) is 0 Å². The third-order valence-corrected chi connectivity index (χ3v) is 2.28. The topological polar surface area (TPSA) is 56.3 Å². The highest BCUT2D eigenvalue weighted by atomic mass is 16.5. The van der Waals surface area contributed by atoms with E-state index in [1.807, 2.05) is 19.9 Å². The van der Waals surface area contributed by atoms with Gasteiger partial charge in [-0.2, -0.15) is 0 Å². The second kappa shape index (κ2) is 5.12. The van der Waals surface area contributed by atoms with Crippen LogP contribution in [0.2, 0.25) is 0 Å². The average molecular weight is 223 g/mol. The Morgan fingerprint density at radius 3 is 3.06 bits per heavy atom. The number of aromatic nitrogens is 2. The number of hydrogen-bond donors (Lipinski definition) is 1. The van der Waals surface area contributed by atoms with Crippen LogP contribution in [0.1, 0.15) is 20.3 Å². The van der Waals surface area contributed by atoms with E-state index in [0.717, 1.165) is 25.5 Å². The molecule has 1 aromatic heterocycles. The summed E-state index contributed by atoms with van der Waals surface area (Å²) in [7, 11) is 0. The Morgan fingerprint density at radius 2 is 2.38 bits per heavy atom. The van der Waals surface area contributed by atoms with Crippen molar-refractivity contribution in [3.05, 3.63) is 12.4 Å². The van der Waals surface area contributed by atoms with Crippen LogP contribution in [-0.4, -0.2) is 35.3 Å². The first-order chi connectivity index (χ1) is 7.74. The number of ether oxygens (including phenoxy) is 2. The van der Waals surface area contributed by atoms with E-state index in [9.17, 15) is 0 Å². The third kappa shape index (κ3) is 3.06. The minimum Gasteiger partial charge on any atom is -0.475 e. The van der Waals surface area contributed by atoms with Gasteiger partial charge in [-0.15, -0.1) is 0 Å². The number of rotatable bonds is 4. The van der Waals surface area contributed by atoms with Crippen molar-refractivity contribution in [3.8, 4) is 5.88 Å². The molecule has 0 aliphatic carbocycles. The summed E-state index contributed by atoms with van der Waals surface area (Å²) in [5.41, 5.74) is 0. The molecule has 5 heteroatoms. The number of nitrogens with one attached hydrogen (secondary N) is 1. The first-order valence-electron chi connectivity index (χ1n) is 5.57. The highest BCUT2D eigenvalue weighted by Crippen LogP contribution is 2.15. The molecule has 0 saturated carbocycles. The molecule has 0 radical (unpaired) electrons. The second-order valence-electron chi connectivity index (χ2n) is 4.11. The maximum Gasteiger partial charge on any atom is 0.218 e. The lowest BCUT2D eigenvalue weighted by atomic mass is 10.2. The van der Waals surface area contributed by atoms with Crippen LogP contribution in [0.5, 0.6) is 5.88 Å². The molecule has 1 saturated heterocycles. The Kier molecular flexibility index (Phi) is 3.56. The molecule has 1 aromatic rings. The summed E-state index contributed by atoms with van der Waals surface area (Å²) in [6, 6.07) is 2.17. The quantitative estimate of drug-likeness (QED) is 0.837. The molecule has 2 heterocycles. The van der Waals surface area contributed by atoms with Crippen LogP contribution >= 0.6 is 0 Å². The Balaban J connectivity index is 1.97. The van der Waals surface area contributed by atoms with Gasteiger partial charge in [0.1, 0.15) is 12.1 Å². The van der Waals surface area contributed by atoms with Gasteiger partial charge in [0, 0.05) is 12.7 Å². The highest BCUT2D eigenvalue weighted by molar-refractivity contribution is 5.38. The van der Waals surface area contributed by atoms with Gasteiger partial charge in [0.2, 0.25) is 5.88 Å². The van der Waals surface area contributed by atoms with Crippen molar-refractivity contribution in [2.75, 3.05) is 18.5 Å². The zero-order valence-electron chi connectivity index (χ0n) is 9.64. The third-order valence-electron chi connectivity index (χ3n) is 2.28. The predicted molar refractivity (Wildman–Crippen MR) is 60.6 cm³/mol. The van der Waals surface area contributed by atoms with Crippen molar-refractivity contribution in [1.29, 1.82) is 0 Å². The van der Waals surface area contributed by atoms with Crippen LogP contribution in [0.3, 0.4) is 0 Å². The fraction of sp³-hybridized carbons (Fsp3) is 0.636. The highest BCUT2D eigenvalue weighted by Gasteiger charge is 2.15. The molecule has 88 valence electrons. The number of nitrogens with zero attached hydrogens (tertiary/aromatic N) is 2. The van der Waals surface area contributed by atoms with E-state index < -0.39 is 0 Å². The zero-order chi connectivity index (χ0) is 11.4. The van der Waals surface area contributed by atoms with Gasteiger partial charge in [0.05, 0.1) is 18.8 Å². The molecule has 0 aromatic carbocycles. The molecule has 16 heavy (non-hydrogen) atoms. The monoisotopic (exact) mass is 223 g/mol. The molecule has 1 aliphatic rings. The minimum atomic E-state index is 0.123. The van der Waals surface area contributed by atoms with Crippen LogP contribution in [0.25, 0.3) is 0 Å². The van der Waals surface area contributed by atoms with E-state index in [2.05, 4.69) is 15.3 Å². The smallest absolute Gasteiger partial charge is 0.218 e. The average Bonchev–Trinajstić information content (AvgIpc) is 2.70. The van der Waals surface area contributed by atoms with Gasteiger partial charge in [-0.05, 0) is 20.3 Å². The van der Waals surface area contributed by atoms with Gasteiger partial charge in [-0.25, -0.2) is 9.97 Å². The maximum absolute atomic E-state index is 5.50. The predicted octanol–water partition coefficient (Wildman–Crippen LogP) is 1.46. The second-order valence-corrected chi connectivity index (χ2v) is 4.11. The van der Waals surface area contributed by atoms with Crippen molar-refractivity contribution in [2.45, 2.75) is 32.4 Å². The summed E-state index contributed by atoms with van der Waals surface area (Å²) in [4.78, 5) is 8.20. The molecule has 1 N–H and O–H groups in total. The van der Waals surface area contributed by atoms with Crippen molar-refractivity contribution < 1.29 is 9.47 Å².